The van der Waals surface area contributed by atoms with Gasteiger partial charge >= 0.3 is 0 Å². The second-order valence-corrected chi connectivity index (χ2v) is 7.11. The Morgan fingerprint density at radius 2 is 1.96 bits per heavy atom. The van der Waals surface area contributed by atoms with Crippen molar-refractivity contribution in [3.63, 3.8) is 0 Å². The average Bonchev–Trinajstić information content (AvgIpc) is 2.75. The summed E-state index contributed by atoms with van der Waals surface area (Å²) in [4.78, 5) is 28.0. The van der Waals surface area contributed by atoms with Gasteiger partial charge < -0.3 is 10.2 Å². The van der Waals surface area contributed by atoms with Gasteiger partial charge in [0.2, 0.25) is 5.95 Å². The summed E-state index contributed by atoms with van der Waals surface area (Å²) in [5, 5.41) is 3.17. The van der Waals surface area contributed by atoms with Crippen LogP contribution in [0.5, 0.6) is 0 Å². The summed E-state index contributed by atoms with van der Waals surface area (Å²) in [5.41, 5.74) is 3.57. The van der Waals surface area contributed by atoms with Crippen molar-refractivity contribution in [2.24, 2.45) is 0 Å². The number of hydrogen-bond acceptors (Lipinski definition) is 5. The van der Waals surface area contributed by atoms with Crippen molar-refractivity contribution < 1.29 is 4.79 Å². The number of aromatic nitrogens is 3. The minimum atomic E-state index is -0.0604. The molecule has 1 aromatic carbocycles. The molecule has 3 aromatic rings. The van der Waals surface area contributed by atoms with Crippen LogP contribution in [0.3, 0.4) is 0 Å². The van der Waals surface area contributed by atoms with Gasteiger partial charge in [-0.05, 0) is 49.6 Å². The van der Waals surface area contributed by atoms with Crippen LogP contribution >= 0.6 is 0 Å². The van der Waals surface area contributed by atoms with Crippen LogP contribution in [-0.4, -0.2) is 40.0 Å². The van der Waals surface area contributed by atoms with E-state index in [1.807, 2.05) is 55.6 Å². The fourth-order valence-electron chi connectivity index (χ4n) is 3.46. The van der Waals surface area contributed by atoms with Gasteiger partial charge in [0.1, 0.15) is 0 Å². The average molecular weight is 373 g/mol. The van der Waals surface area contributed by atoms with Crippen LogP contribution in [-0.2, 0) is 0 Å². The number of nitrogens with one attached hydrogen (secondary N) is 1. The lowest BCUT2D eigenvalue weighted by Crippen LogP contribution is -2.48. The number of anilines is 1. The molecule has 6 heteroatoms. The van der Waals surface area contributed by atoms with Crippen molar-refractivity contribution in [2.75, 3.05) is 18.0 Å². The van der Waals surface area contributed by atoms with Crippen LogP contribution in [0.25, 0.3) is 11.3 Å². The molecule has 28 heavy (non-hydrogen) atoms. The molecule has 1 amide bonds. The van der Waals surface area contributed by atoms with Crippen molar-refractivity contribution in [1.82, 2.24) is 20.3 Å². The van der Waals surface area contributed by atoms with Crippen LogP contribution in [0.15, 0.2) is 61.1 Å². The number of nitrogens with zero attached hydrogens (tertiary/aromatic N) is 4. The molecular formula is C22H23N5O. The fourth-order valence-corrected chi connectivity index (χ4v) is 3.46. The number of hydrogen-bond donors (Lipinski definition) is 1. The highest BCUT2D eigenvalue weighted by molar-refractivity contribution is 5.95. The molecular weight excluding hydrogens is 350 g/mol. The molecule has 1 atom stereocenters. The minimum absolute atomic E-state index is 0.0604. The van der Waals surface area contributed by atoms with E-state index in [1.165, 1.54) is 0 Å². The number of pyridine rings is 1. The zero-order valence-corrected chi connectivity index (χ0v) is 15.9. The number of carbonyl (C=O) groups is 1. The number of aryl methyl sites for hydroxylation is 1. The maximum absolute atomic E-state index is 12.8. The van der Waals surface area contributed by atoms with Crippen LogP contribution in [0.1, 0.15) is 28.8 Å². The molecule has 4 rings (SSSR count). The van der Waals surface area contributed by atoms with E-state index in [0.717, 1.165) is 42.8 Å². The Bertz CT molecular complexity index is 943. The molecule has 0 bridgehead atoms. The minimum Gasteiger partial charge on any atom is -0.348 e. The van der Waals surface area contributed by atoms with Crippen molar-refractivity contribution >= 4 is 11.9 Å². The predicted octanol–water partition coefficient (Wildman–Crippen LogP) is 3.25. The summed E-state index contributed by atoms with van der Waals surface area (Å²) in [6, 6.07) is 13.5. The lowest BCUT2D eigenvalue weighted by Gasteiger charge is -2.33. The summed E-state index contributed by atoms with van der Waals surface area (Å²) in [7, 11) is 0. The summed E-state index contributed by atoms with van der Waals surface area (Å²) in [6.07, 6.45) is 7.28. The van der Waals surface area contributed by atoms with E-state index < -0.39 is 0 Å². The Morgan fingerprint density at radius 3 is 2.75 bits per heavy atom. The Labute approximate surface area is 164 Å². The molecule has 2 aromatic heterocycles. The third-order valence-corrected chi connectivity index (χ3v) is 4.92. The molecule has 1 fully saturated rings. The highest BCUT2D eigenvalue weighted by atomic mass is 16.1. The van der Waals surface area contributed by atoms with E-state index in [9.17, 15) is 4.79 Å². The topological polar surface area (TPSA) is 71.0 Å². The maximum atomic E-state index is 12.8. The molecule has 1 saturated heterocycles. The van der Waals surface area contributed by atoms with Gasteiger partial charge in [-0.25, -0.2) is 9.97 Å². The lowest BCUT2D eigenvalue weighted by atomic mass is 10.0. The molecule has 6 nitrogen and oxygen atoms in total. The van der Waals surface area contributed by atoms with Crippen LogP contribution in [0.2, 0.25) is 0 Å². The largest absolute Gasteiger partial charge is 0.348 e. The first-order valence-electron chi connectivity index (χ1n) is 9.55. The highest BCUT2D eigenvalue weighted by Crippen LogP contribution is 2.20. The van der Waals surface area contributed by atoms with E-state index >= 15 is 0 Å². The predicted molar refractivity (Wildman–Crippen MR) is 109 cm³/mol. The van der Waals surface area contributed by atoms with Gasteiger partial charge in [0.05, 0.1) is 5.69 Å². The zero-order chi connectivity index (χ0) is 19.3. The number of benzene rings is 1. The molecule has 0 aliphatic carbocycles. The quantitative estimate of drug-likeness (QED) is 0.760. The number of carbonyl (C=O) groups excluding carboxylic acids is 1. The van der Waals surface area contributed by atoms with E-state index in [1.54, 1.807) is 12.4 Å². The van der Waals surface area contributed by atoms with Gasteiger partial charge in [0.25, 0.3) is 5.91 Å². The molecule has 1 aliphatic heterocycles. The standard InChI is InChI=1S/C22H23N5O/c1-16-8-9-20(25-14-16)17-5-2-6-18(13-17)21(28)26-19-7-3-12-27(15-19)22-23-10-4-11-24-22/h2,4-6,8-11,13-14,19H,3,7,12,15H2,1H3,(H,26,28)/t19-/m0/s1. The zero-order valence-electron chi connectivity index (χ0n) is 15.9. The van der Waals surface area contributed by atoms with E-state index in [4.69, 9.17) is 0 Å². The number of piperidine rings is 1. The van der Waals surface area contributed by atoms with Crippen molar-refractivity contribution in [1.29, 1.82) is 0 Å². The van der Waals surface area contributed by atoms with E-state index in [2.05, 4.69) is 25.2 Å². The number of amides is 1. The smallest absolute Gasteiger partial charge is 0.251 e. The molecule has 0 saturated carbocycles. The first-order valence-corrected chi connectivity index (χ1v) is 9.55. The van der Waals surface area contributed by atoms with Gasteiger partial charge in [-0.2, -0.15) is 0 Å². The van der Waals surface area contributed by atoms with Gasteiger partial charge in [-0.1, -0.05) is 18.2 Å². The third kappa shape index (κ3) is 4.17. The summed E-state index contributed by atoms with van der Waals surface area (Å²) in [6.45, 7) is 3.63. The Balaban J connectivity index is 1.45. The second-order valence-electron chi connectivity index (χ2n) is 7.11. The lowest BCUT2D eigenvalue weighted by molar-refractivity contribution is 0.0933. The fraction of sp³-hybridized carbons (Fsp3) is 0.273. The summed E-state index contributed by atoms with van der Waals surface area (Å²) in [5.74, 6) is 0.656. The van der Waals surface area contributed by atoms with E-state index in [-0.39, 0.29) is 11.9 Å². The van der Waals surface area contributed by atoms with E-state index in [0.29, 0.717) is 11.5 Å². The van der Waals surface area contributed by atoms with Crippen molar-refractivity contribution in [3.05, 3.63) is 72.2 Å². The Morgan fingerprint density at radius 1 is 1.11 bits per heavy atom. The van der Waals surface area contributed by atoms with Crippen LogP contribution in [0, 0.1) is 6.92 Å². The normalized spacial score (nSPS) is 16.6. The van der Waals surface area contributed by atoms with Gasteiger partial charge in [0.15, 0.2) is 0 Å². The highest BCUT2D eigenvalue weighted by Gasteiger charge is 2.23. The van der Waals surface area contributed by atoms with Crippen LogP contribution < -0.4 is 10.2 Å². The summed E-state index contributed by atoms with van der Waals surface area (Å²) < 4.78 is 0. The van der Waals surface area contributed by atoms with Gasteiger partial charge in [-0.3, -0.25) is 9.78 Å². The molecule has 1 aliphatic rings. The Hall–Kier alpha value is -3.28. The molecule has 1 N–H and O–H groups in total. The number of rotatable bonds is 4. The molecule has 3 heterocycles. The second kappa shape index (κ2) is 8.17. The first-order chi connectivity index (χ1) is 13.7. The van der Waals surface area contributed by atoms with Gasteiger partial charge in [0, 0.05) is 48.8 Å². The van der Waals surface area contributed by atoms with Crippen molar-refractivity contribution in [3.8, 4) is 11.3 Å². The Kier molecular flexibility index (Phi) is 5.28. The van der Waals surface area contributed by atoms with Gasteiger partial charge in [-0.15, -0.1) is 0 Å². The third-order valence-electron chi connectivity index (χ3n) is 4.92. The monoisotopic (exact) mass is 373 g/mol. The molecule has 0 radical (unpaired) electrons. The molecule has 0 unspecified atom stereocenters. The van der Waals surface area contributed by atoms with Crippen LogP contribution in [0.4, 0.5) is 5.95 Å². The summed E-state index contributed by atoms with van der Waals surface area (Å²) >= 11 is 0. The molecule has 142 valence electrons. The molecule has 0 spiro atoms. The maximum Gasteiger partial charge on any atom is 0.251 e. The first kappa shape index (κ1) is 18.1. The van der Waals surface area contributed by atoms with Crippen molar-refractivity contribution in [2.45, 2.75) is 25.8 Å². The SMILES string of the molecule is Cc1ccc(-c2cccc(C(=O)N[C@H]3CCCN(c4ncccn4)C3)c2)nc1.